The highest BCUT2D eigenvalue weighted by Crippen LogP contribution is 2.63. The maximum absolute atomic E-state index is 6.72. The van der Waals surface area contributed by atoms with Crippen molar-refractivity contribution in [3.05, 3.63) is 204 Å². The topological polar surface area (TPSA) is 35.0 Å². The zero-order valence-corrected chi connectivity index (χ0v) is 29.3. The molecule has 0 saturated carbocycles. The second-order valence-electron chi connectivity index (χ2n) is 13.7. The maximum Gasteiger partial charge on any atom is 0.160 e. The normalized spacial score (nSPS) is 15.0. The van der Waals surface area contributed by atoms with Crippen molar-refractivity contribution in [3.8, 4) is 67.7 Å². The SMILES string of the molecule is c1ccc(-c2cc(-c3ccc(-c4ccc5c(c4)C4(c6ccccc6O5)c5ccccc5-c5cc6ccsc6cc54)cc3)nc(-c3ccccc3)n2)cc1. The molecule has 2 aromatic heterocycles. The quantitative estimate of drug-likeness (QED) is 0.184. The van der Waals surface area contributed by atoms with E-state index in [0.29, 0.717) is 5.82 Å². The van der Waals surface area contributed by atoms with Crippen LogP contribution in [-0.4, -0.2) is 9.97 Å². The molecule has 3 heterocycles. The highest BCUT2D eigenvalue weighted by atomic mass is 32.1. The van der Waals surface area contributed by atoms with E-state index in [1.54, 1.807) is 11.3 Å². The predicted octanol–water partition coefficient (Wildman–Crippen LogP) is 12.8. The lowest BCUT2D eigenvalue weighted by molar-refractivity contribution is 0.436. The van der Waals surface area contributed by atoms with Gasteiger partial charge in [-0.15, -0.1) is 11.3 Å². The number of rotatable bonds is 4. The van der Waals surface area contributed by atoms with E-state index in [0.717, 1.165) is 56.3 Å². The summed E-state index contributed by atoms with van der Waals surface area (Å²) in [7, 11) is 0. The number of aromatic nitrogens is 2. The van der Waals surface area contributed by atoms with Crippen molar-refractivity contribution in [3.63, 3.8) is 0 Å². The Balaban J connectivity index is 1.06. The van der Waals surface area contributed by atoms with Crippen molar-refractivity contribution in [2.24, 2.45) is 0 Å². The Kier molecular flexibility index (Phi) is 6.64. The summed E-state index contributed by atoms with van der Waals surface area (Å²) < 4.78 is 8.01. The van der Waals surface area contributed by atoms with Crippen molar-refractivity contribution in [1.29, 1.82) is 0 Å². The van der Waals surface area contributed by atoms with Gasteiger partial charge in [0, 0.05) is 32.5 Å². The number of thiophene rings is 1. The first-order valence-electron chi connectivity index (χ1n) is 17.9. The number of hydrogen-bond donors (Lipinski definition) is 0. The van der Waals surface area contributed by atoms with Crippen LogP contribution in [0.5, 0.6) is 11.5 Å². The van der Waals surface area contributed by atoms with Crippen LogP contribution in [0.1, 0.15) is 22.3 Å². The maximum atomic E-state index is 6.72. The van der Waals surface area contributed by atoms with Crippen LogP contribution in [0.2, 0.25) is 0 Å². The lowest BCUT2D eigenvalue weighted by Crippen LogP contribution is -2.32. The zero-order valence-electron chi connectivity index (χ0n) is 28.5. The summed E-state index contributed by atoms with van der Waals surface area (Å²) in [5.41, 5.74) is 14.1. The van der Waals surface area contributed by atoms with Crippen LogP contribution in [0.4, 0.5) is 0 Å². The first kappa shape index (κ1) is 30.0. The summed E-state index contributed by atoms with van der Waals surface area (Å²) in [6.45, 7) is 0. The molecular formula is C49H30N2OS. The van der Waals surface area contributed by atoms with Gasteiger partial charge in [0.1, 0.15) is 11.5 Å². The van der Waals surface area contributed by atoms with Crippen LogP contribution in [0.3, 0.4) is 0 Å². The Hall–Kier alpha value is -6.62. The number of nitrogens with zero attached hydrogens (tertiary/aromatic N) is 2. The molecule has 3 nitrogen and oxygen atoms in total. The third kappa shape index (κ3) is 4.59. The molecule has 0 fully saturated rings. The largest absolute Gasteiger partial charge is 0.457 e. The van der Waals surface area contributed by atoms with Gasteiger partial charge in [-0.25, -0.2) is 9.97 Å². The van der Waals surface area contributed by atoms with E-state index in [4.69, 9.17) is 14.7 Å². The number of hydrogen-bond acceptors (Lipinski definition) is 4. The fraction of sp³-hybridized carbons (Fsp3) is 0.0204. The molecule has 9 aromatic rings. The molecule has 11 rings (SSSR count). The van der Waals surface area contributed by atoms with Crippen molar-refractivity contribution in [2.45, 2.75) is 5.41 Å². The van der Waals surface area contributed by atoms with Crippen LogP contribution in [-0.2, 0) is 5.41 Å². The first-order valence-corrected chi connectivity index (χ1v) is 18.8. The van der Waals surface area contributed by atoms with Crippen LogP contribution in [0.25, 0.3) is 66.2 Å². The van der Waals surface area contributed by atoms with Gasteiger partial charge >= 0.3 is 0 Å². The van der Waals surface area contributed by atoms with E-state index in [9.17, 15) is 0 Å². The molecule has 53 heavy (non-hydrogen) atoms. The Morgan fingerprint density at radius 1 is 0.415 bits per heavy atom. The molecule has 1 atom stereocenters. The van der Waals surface area contributed by atoms with E-state index in [1.807, 2.05) is 36.4 Å². The Labute approximate surface area is 311 Å². The van der Waals surface area contributed by atoms with Gasteiger partial charge in [0.2, 0.25) is 0 Å². The molecule has 1 unspecified atom stereocenters. The summed E-state index contributed by atoms with van der Waals surface area (Å²) in [6, 6.07) is 62.6. The molecule has 1 aliphatic heterocycles. The van der Waals surface area contributed by atoms with Crippen LogP contribution < -0.4 is 4.74 Å². The van der Waals surface area contributed by atoms with Crippen LogP contribution in [0.15, 0.2) is 181 Å². The number of para-hydroxylation sites is 1. The zero-order chi connectivity index (χ0) is 34.9. The molecule has 1 spiro atoms. The summed E-state index contributed by atoms with van der Waals surface area (Å²) in [5, 5.41) is 3.48. The predicted molar refractivity (Wildman–Crippen MR) is 217 cm³/mol. The van der Waals surface area contributed by atoms with Gasteiger partial charge in [0.15, 0.2) is 5.82 Å². The van der Waals surface area contributed by atoms with E-state index >= 15 is 0 Å². The molecule has 0 saturated heterocycles. The fourth-order valence-electron chi connectivity index (χ4n) is 8.44. The fourth-order valence-corrected chi connectivity index (χ4v) is 9.25. The minimum absolute atomic E-state index is 0.521. The van der Waals surface area contributed by atoms with Gasteiger partial charge in [-0.05, 0) is 86.6 Å². The van der Waals surface area contributed by atoms with Gasteiger partial charge in [-0.1, -0.05) is 133 Å². The second-order valence-corrected chi connectivity index (χ2v) is 14.7. The van der Waals surface area contributed by atoms with E-state index in [2.05, 4.69) is 145 Å². The van der Waals surface area contributed by atoms with Crippen LogP contribution in [0, 0.1) is 0 Å². The second kappa shape index (κ2) is 11.7. The van der Waals surface area contributed by atoms with Gasteiger partial charge in [-0.2, -0.15) is 0 Å². The van der Waals surface area contributed by atoms with Crippen molar-refractivity contribution < 1.29 is 4.74 Å². The first-order chi connectivity index (χ1) is 26.2. The standard InChI is InChI=1S/C49H30N2OS/c1-3-11-32(12-4-1)43-30-44(51-48(50-43)34-13-5-2-6-14-34)33-21-19-31(20-22-33)35-23-24-46-42(28-35)49(40-17-9-10-18-45(40)52-46)39-16-8-7-15-37(39)38-27-36-25-26-53-47(36)29-41(38)49/h1-30H. The summed E-state index contributed by atoms with van der Waals surface area (Å²) in [5.74, 6) is 2.50. The molecule has 248 valence electrons. The molecule has 0 radical (unpaired) electrons. The summed E-state index contributed by atoms with van der Waals surface area (Å²) in [4.78, 5) is 10.0. The number of ether oxygens (including phenoxy) is 1. The third-order valence-corrected chi connectivity index (χ3v) is 11.7. The summed E-state index contributed by atoms with van der Waals surface area (Å²) in [6.07, 6.45) is 0. The minimum Gasteiger partial charge on any atom is -0.457 e. The molecule has 0 bridgehead atoms. The highest BCUT2D eigenvalue weighted by molar-refractivity contribution is 7.17. The van der Waals surface area contributed by atoms with Crippen molar-refractivity contribution in [2.75, 3.05) is 0 Å². The Morgan fingerprint density at radius 2 is 1.04 bits per heavy atom. The Bertz CT molecular complexity index is 2800. The molecule has 1 aliphatic carbocycles. The lowest BCUT2D eigenvalue weighted by atomic mass is 9.65. The van der Waals surface area contributed by atoms with Gasteiger partial charge < -0.3 is 4.74 Å². The molecule has 4 heteroatoms. The van der Waals surface area contributed by atoms with E-state index < -0.39 is 5.41 Å². The van der Waals surface area contributed by atoms with Crippen molar-refractivity contribution in [1.82, 2.24) is 9.97 Å². The van der Waals surface area contributed by atoms with E-state index in [1.165, 1.54) is 37.9 Å². The molecule has 0 N–H and O–H groups in total. The van der Waals surface area contributed by atoms with E-state index in [-0.39, 0.29) is 0 Å². The van der Waals surface area contributed by atoms with Crippen molar-refractivity contribution >= 4 is 21.4 Å². The third-order valence-electron chi connectivity index (χ3n) is 10.9. The highest BCUT2D eigenvalue weighted by Gasteiger charge is 2.51. The van der Waals surface area contributed by atoms with Gasteiger partial charge in [0.25, 0.3) is 0 Å². The Morgan fingerprint density at radius 3 is 1.83 bits per heavy atom. The van der Waals surface area contributed by atoms with Crippen LogP contribution >= 0.6 is 11.3 Å². The average molecular weight is 695 g/mol. The molecule has 0 amide bonds. The summed E-state index contributed by atoms with van der Waals surface area (Å²) >= 11 is 1.80. The minimum atomic E-state index is -0.521. The average Bonchev–Trinajstić information content (AvgIpc) is 3.81. The smallest absolute Gasteiger partial charge is 0.160 e. The monoisotopic (exact) mass is 694 g/mol. The molecular weight excluding hydrogens is 665 g/mol. The molecule has 7 aromatic carbocycles. The van der Waals surface area contributed by atoms with Gasteiger partial charge in [0.05, 0.1) is 16.8 Å². The lowest BCUT2D eigenvalue weighted by Gasteiger charge is -2.39. The number of fused-ring (bicyclic) bond motifs is 10. The van der Waals surface area contributed by atoms with Gasteiger partial charge in [-0.3, -0.25) is 0 Å². The number of benzene rings is 7. The molecule has 2 aliphatic rings.